The minimum atomic E-state index is 0.245. The standard InChI is InChI=1S/C18H21N/c19-14-18(12-4-5-13-18)17-10-8-16(9-11-17)15-6-2-1-3-7-15/h1-3,6-11H,4-5,12-14,19H2. The molecule has 2 N–H and O–H groups in total. The maximum atomic E-state index is 6.05. The molecular weight excluding hydrogens is 230 g/mol. The summed E-state index contributed by atoms with van der Waals surface area (Å²) >= 11 is 0. The van der Waals surface area contributed by atoms with Crippen molar-refractivity contribution in [2.75, 3.05) is 6.54 Å². The Morgan fingerprint density at radius 2 is 1.37 bits per heavy atom. The molecule has 0 heterocycles. The van der Waals surface area contributed by atoms with Crippen molar-refractivity contribution in [2.45, 2.75) is 31.1 Å². The molecule has 0 spiro atoms. The number of hydrogen-bond acceptors (Lipinski definition) is 1. The van der Waals surface area contributed by atoms with E-state index >= 15 is 0 Å². The molecule has 0 atom stereocenters. The normalized spacial score (nSPS) is 17.5. The summed E-state index contributed by atoms with van der Waals surface area (Å²) in [6.45, 7) is 0.775. The van der Waals surface area contributed by atoms with Gasteiger partial charge in [-0.1, -0.05) is 67.4 Å². The fraction of sp³-hybridized carbons (Fsp3) is 0.333. The molecule has 1 aliphatic carbocycles. The first kappa shape index (κ1) is 12.4. The number of hydrogen-bond donors (Lipinski definition) is 1. The van der Waals surface area contributed by atoms with E-state index in [1.54, 1.807) is 0 Å². The molecule has 0 unspecified atom stereocenters. The Kier molecular flexibility index (Phi) is 3.39. The molecule has 1 saturated carbocycles. The monoisotopic (exact) mass is 251 g/mol. The van der Waals surface area contributed by atoms with Gasteiger partial charge in [-0.3, -0.25) is 0 Å². The quantitative estimate of drug-likeness (QED) is 0.872. The smallest absolute Gasteiger partial charge is 0.00755 e. The summed E-state index contributed by atoms with van der Waals surface area (Å²) in [6.07, 6.45) is 5.12. The molecule has 2 aromatic rings. The van der Waals surface area contributed by atoms with Gasteiger partial charge in [0.1, 0.15) is 0 Å². The van der Waals surface area contributed by atoms with Gasteiger partial charge in [0.15, 0.2) is 0 Å². The van der Waals surface area contributed by atoms with Crippen LogP contribution in [0.25, 0.3) is 11.1 Å². The Bertz CT molecular complexity index is 521. The number of nitrogens with two attached hydrogens (primary N) is 1. The van der Waals surface area contributed by atoms with E-state index in [9.17, 15) is 0 Å². The summed E-state index contributed by atoms with van der Waals surface area (Å²) in [6, 6.07) is 19.6. The summed E-state index contributed by atoms with van der Waals surface area (Å²) in [5.41, 5.74) is 10.3. The molecule has 0 aromatic heterocycles. The zero-order valence-electron chi connectivity index (χ0n) is 11.3. The zero-order valence-corrected chi connectivity index (χ0v) is 11.3. The third kappa shape index (κ3) is 2.31. The molecule has 3 rings (SSSR count). The maximum Gasteiger partial charge on any atom is 0.00755 e. The van der Waals surface area contributed by atoms with E-state index in [0.29, 0.717) is 0 Å². The Morgan fingerprint density at radius 3 is 1.95 bits per heavy atom. The molecule has 2 aromatic carbocycles. The highest BCUT2D eigenvalue weighted by atomic mass is 14.6. The van der Waals surface area contributed by atoms with Crippen LogP contribution in [-0.2, 0) is 5.41 Å². The van der Waals surface area contributed by atoms with E-state index in [1.807, 2.05) is 0 Å². The van der Waals surface area contributed by atoms with Crippen molar-refractivity contribution in [2.24, 2.45) is 5.73 Å². The van der Waals surface area contributed by atoms with Crippen LogP contribution in [0.5, 0.6) is 0 Å². The Morgan fingerprint density at radius 1 is 0.789 bits per heavy atom. The van der Waals surface area contributed by atoms with Crippen molar-refractivity contribution >= 4 is 0 Å². The fourth-order valence-corrected chi connectivity index (χ4v) is 3.31. The first-order chi connectivity index (χ1) is 9.34. The second kappa shape index (κ2) is 5.18. The van der Waals surface area contributed by atoms with Gasteiger partial charge >= 0.3 is 0 Å². The van der Waals surface area contributed by atoms with Crippen LogP contribution in [0.2, 0.25) is 0 Å². The van der Waals surface area contributed by atoms with Crippen molar-refractivity contribution in [1.82, 2.24) is 0 Å². The van der Waals surface area contributed by atoms with Crippen molar-refractivity contribution in [3.63, 3.8) is 0 Å². The summed E-state index contributed by atoms with van der Waals surface area (Å²) < 4.78 is 0. The molecule has 1 aliphatic rings. The lowest BCUT2D eigenvalue weighted by atomic mass is 9.78. The SMILES string of the molecule is NCC1(c2ccc(-c3ccccc3)cc2)CCCC1. The van der Waals surface area contributed by atoms with Crippen molar-refractivity contribution in [3.05, 3.63) is 60.2 Å². The molecular formula is C18H21N. The zero-order chi connectivity index (χ0) is 13.1. The molecule has 98 valence electrons. The van der Waals surface area contributed by atoms with E-state index < -0.39 is 0 Å². The largest absolute Gasteiger partial charge is 0.330 e. The first-order valence-corrected chi connectivity index (χ1v) is 7.20. The summed E-state index contributed by atoms with van der Waals surface area (Å²) in [4.78, 5) is 0. The van der Waals surface area contributed by atoms with E-state index in [0.717, 1.165) is 6.54 Å². The lowest BCUT2D eigenvalue weighted by Gasteiger charge is -2.28. The van der Waals surface area contributed by atoms with Gasteiger partial charge in [-0.15, -0.1) is 0 Å². The van der Waals surface area contributed by atoms with Crippen LogP contribution < -0.4 is 5.73 Å². The Hall–Kier alpha value is -1.60. The van der Waals surface area contributed by atoms with Gasteiger partial charge in [0, 0.05) is 12.0 Å². The highest BCUT2D eigenvalue weighted by Gasteiger charge is 2.33. The van der Waals surface area contributed by atoms with Crippen molar-refractivity contribution < 1.29 is 0 Å². The molecule has 0 amide bonds. The molecule has 1 fully saturated rings. The van der Waals surface area contributed by atoms with Crippen LogP contribution in [0.1, 0.15) is 31.2 Å². The second-order valence-electron chi connectivity index (χ2n) is 5.63. The Labute approximate surface area is 115 Å². The topological polar surface area (TPSA) is 26.0 Å². The maximum absolute atomic E-state index is 6.05. The number of rotatable bonds is 3. The molecule has 0 saturated heterocycles. The first-order valence-electron chi connectivity index (χ1n) is 7.20. The summed E-state index contributed by atoms with van der Waals surface area (Å²) in [5, 5.41) is 0. The third-order valence-corrected chi connectivity index (χ3v) is 4.56. The van der Waals surface area contributed by atoms with Gasteiger partial charge in [-0.25, -0.2) is 0 Å². The minimum Gasteiger partial charge on any atom is -0.330 e. The van der Waals surface area contributed by atoms with Gasteiger partial charge in [-0.2, -0.15) is 0 Å². The molecule has 1 heteroatoms. The van der Waals surface area contributed by atoms with Gasteiger partial charge < -0.3 is 5.73 Å². The molecule has 0 bridgehead atoms. The van der Waals surface area contributed by atoms with Gasteiger partial charge in [0.2, 0.25) is 0 Å². The average Bonchev–Trinajstić information content (AvgIpc) is 2.98. The van der Waals surface area contributed by atoms with Crippen LogP contribution in [0.3, 0.4) is 0 Å². The predicted molar refractivity (Wildman–Crippen MR) is 81.1 cm³/mol. The Balaban J connectivity index is 1.91. The minimum absolute atomic E-state index is 0.245. The van der Waals surface area contributed by atoms with Crippen LogP contribution in [0, 0.1) is 0 Å². The average molecular weight is 251 g/mol. The highest BCUT2D eigenvalue weighted by molar-refractivity contribution is 5.63. The van der Waals surface area contributed by atoms with Crippen molar-refractivity contribution in [3.8, 4) is 11.1 Å². The van der Waals surface area contributed by atoms with E-state index in [2.05, 4.69) is 54.6 Å². The second-order valence-corrected chi connectivity index (χ2v) is 5.63. The predicted octanol–water partition coefficient (Wildman–Crippen LogP) is 4.12. The van der Waals surface area contributed by atoms with Crippen LogP contribution in [-0.4, -0.2) is 6.54 Å². The summed E-state index contributed by atoms with van der Waals surface area (Å²) in [7, 11) is 0. The fourth-order valence-electron chi connectivity index (χ4n) is 3.31. The molecule has 19 heavy (non-hydrogen) atoms. The van der Waals surface area contributed by atoms with Gasteiger partial charge in [0.05, 0.1) is 0 Å². The van der Waals surface area contributed by atoms with Crippen LogP contribution >= 0.6 is 0 Å². The molecule has 0 radical (unpaired) electrons. The number of benzene rings is 2. The van der Waals surface area contributed by atoms with E-state index in [4.69, 9.17) is 5.73 Å². The molecule has 0 aliphatic heterocycles. The van der Waals surface area contributed by atoms with Gasteiger partial charge in [0.25, 0.3) is 0 Å². The third-order valence-electron chi connectivity index (χ3n) is 4.56. The van der Waals surface area contributed by atoms with Crippen molar-refractivity contribution in [1.29, 1.82) is 0 Å². The van der Waals surface area contributed by atoms with Crippen LogP contribution in [0.4, 0.5) is 0 Å². The van der Waals surface area contributed by atoms with E-state index in [-0.39, 0.29) is 5.41 Å². The lowest BCUT2D eigenvalue weighted by Crippen LogP contribution is -2.31. The highest BCUT2D eigenvalue weighted by Crippen LogP contribution is 2.40. The lowest BCUT2D eigenvalue weighted by molar-refractivity contribution is 0.453. The van der Waals surface area contributed by atoms with Crippen LogP contribution in [0.15, 0.2) is 54.6 Å². The van der Waals surface area contributed by atoms with Gasteiger partial charge in [-0.05, 0) is 29.5 Å². The molecule has 1 nitrogen and oxygen atoms in total. The van der Waals surface area contributed by atoms with E-state index in [1.165, 1.54) is 42.4 Å². The summed E-state index contributed by atoms with van der Waals surface area (Å²) in [5.74, 6) is 0.